The second kappa shape index (κ2) is 6.69. The quantitative estimate of drug-likeness (QED) is 0.772. The predicted molar refractivity (Wildman–Crippen MR) is 70.1 cm³/mol. The highest BCUT2D eigenvalue weighted by molar-refractivity contribution is 4.81. The molecule has 0 aromatic rings. The van der Waals surface area contributed by atoms with Gasteiger partial charge in [0.2, 0.25) is 0 Å². The second-order valence-electron chi connectivity index (χ2n) is 5.51. The average molecular weight is 241 g/mol. The summed E-state index contributed by atoms with van der Waals surface area (Å²) in [5.41, 5.74) is 5.89. The highest BCUT2D eigenvalue weighted by atomic mass is 16.5. The van der Waals surface area contributed by atoms with Crippen LogP contribution in [0.15, 0.2) is 0 Å². The largest absolute Gasteiger partial charge is 0.379 e. The maximum atomic E-state index is 5.89. The van der Waals surface area contributed by atoms with Gasteiger partial charge < -0.3 is 10.5 Å². The molecule has 100 valence electrons. The molecule has 0 spiro atoms. The van der Waals surface area contributed by atoms with Gasteiger partial charge in [-0.05, 0) is 25.3 Å². The predicted octanol–water partition coefficient (Wildman–Crippen LogP) is 0.378. The smallest absolute Gasteiger partial charge is 0.0594 e. The Morgan fingerprint density at radius 3 is 2.65 bits per heavy atom. The monoisotopic (exact) mass is 241 g/mol. The first-order valence-corrected chi connectivity index (χ1v) is 7.04. The van der Waals surface area contributed by atoms with Gasteiger partial charge in [0, 0.05) is 38.8 Å². The third-order valence-electron chi connectivity index (χ3n) is 4.18. The molecule has 2 heterocycles. The molecule has 2 rings (SSSR count). The van der Waals surface area contributed by atoms with Crippen molar-refractivity contribution in [1.82, 2.24) is 9.80 Å². The van der Waals surface area contributed by atoms with Crippen molar-refractivity contribution < 1.29 is 4.74 Å². The highest BCUT2D eigenvalue weighted by Crippen LogP contribution is 2.21. The molecular weight excluding hydrogens is 214 g/mol. The molecule has 0 bridgehead atoms. The maximum absolute atomic E-state index is 5.89. The van der Waals surface area contributed by atoms with Crippen molar-refractivity contribution in [3.63, 3.8) is 0 Å². The Balaban J connectivity index is 1.73. The van der Waals surface area contributed by atoms with Crippen LogP contribution in [0.3, 0.4) is 0 Å². The summed E-state index contributed by atoms with van der Waals surface area (Å²) in [5, 5.41) is 0. The summed E-state index contributed by atoms with van der Waals surface area (Å²) in [7, 11) is 0. The molecule has 0 aromatic carbocycles. The number of morpholine rings is 1. The van der Waals surface area contributed by atoms with E-state index in [1.807, 2.05) is 0 Å². The van der Waals surface area contributed by atoms with Gasteiger partial charge in [-0.2, -0.15) is 0 Å². The van der Waals surface area contributed by atoms with Crippen molar-refractivity contribution in [2.45, 2.75) is 25.8 Å². The zero-order valence-electron chi connectivity index (χ0n) is 11.1. The van der Waals surface area contributed by atoms with Gasteiger partial charge in [-0.1, -0.05) is 6.92 Å². The Kier molecular flexibility index (Phi) is 5.22. The lowest BCUT2D eigenvalue weighted by molar-refractivity contribution is 0.0267. The molecule has 2 N–H and O–H groups in total. The van der Waals surface area contributed by atoms with E-state index < -0.39 is 0 Å². The first-order valence-electron chi connectivity index (χ1n) is 7.04. The van der Waals surface area contributed by atoms with E-state index >= 15 is 0 Å². The lowest BCUT2D eigenvalue weighted by Gasteiger charge is -2.39. The Bertz CT molecular complexity index is 219. The Morgan fingerprint density at radius 2 is 1.94 bits per heavy atom. The van der Waals surface area contributed by atoms with Gasteiger partial charge in [0.05, 0.1) is 13.2 Å². The van der Waals surface area contributed by atoms with Crippen molar-refractivity contribution in [3.8, 4) is 0 Å². The van der Waals surface area contributed by atoms with Crippen LogP contribution in [0.1, 0.15) is 19.8 Å². The zero-order valence-corrected chi connectivity index (χ0v) is 11.1. The molecule has 4 heteroatoms. The Hall–Kier alpha value is -0.160. The van der Waals surface area contributed by atoms with E-state index in [9.17, 15) is 0 Å². The molecule has 2 aliphatic rings. The van der Waals surface area contributed by atoms with E-state index in [0.717, 1.165) is 38.8 Å². The molecule has 0 radical (unpaired) electrons. The summed E-state index contributed by atoms with van der Waals surface area (Å²) in [4.78, 5) is 5.10. The third kappa shape index (κ3) is 3.91. The summed E-state index contributed by atoms with van der Waals surface area (Å²) in [6.45, 7) is 10.7. The molecule has 0 amide bonds. The molecule has 2 unspecified atom stereocenters. The summed E-state index contributed by atoms with van der Waals surface area (Å²) >= 11 is 0. The normalized spacial score (nSPS) is 32.8. The summed E-state index contributed by atoms with van der Waals surface area (Å²) in [5.74, 6) is 0.850. The molecule has 0 aromatic heterocycles. The molecule has 0 aliphatic carbocycles. The lowest BCUT2D eigenvalue weighted by atomic mass is 9.92. The van der Waals surface area contributed by atoms with E-state index in [4.69, 9.17) is 10.5 Å². The van der Waals surface area contributed by atoms with Crippen LogP contribution in [0.2, 0.25) is 0 Å². The number of nitrogens with zero attached hydrogens (tertiary/aromatic N) is 2. The minimum Gasteiger partial charge on any atom is -0.379 e. The summed E-state index contributed by atoms with van der Waals surface area (Å²) in [6.07, 6.45) is 2.61. The lowest BCUT2D eigenvalue weighted by Crippen LogP contribution is -2.50. The van der Waals surface area contributed by atoms with Crippen LogP contribution in [0.5, 0.6) is 0 Å². The Labute approximate surface area is 105 Å². The highest BCUT2D eigenvalue weighted by Gasteiger charge is 2.25. The number of ether oxygens (including phenoxy) is 1. The molecule has 4 nitrogen and oxygen atoms in total. The number of hydrogen-bond donors (Lipinski definition) is 1. The molecule has 2 fully saturated rings. The van der Waals surface area contributed by atoms with Gasteiger partial charge in [-0.3, -0.25) is 9.80 Å². The van der Waals surface area contributed by atoms with Crippen LogP contribution in [0, 0.1) is 5.92 Å². The fourth-order valence-electron chi connectivity index (χ4n) is 2.93. The van der Waals surface area contributed by atoms with E-state index in [1.165, 1.54) is 32.5 Å². The molecule has 17 heavy (non-hydrogen) atoms. The SMILES string of the molecule is CC1CCN(CCN2CCOCC2)C(CN)C1. The fourth-order valence-corrected chi connectivity index (χ4v) is 2.93. The Morgan fingerprint density at radius 1 is 1.18 bits per heavy atom. The molecular formula is C13H27N3O. The van der Waals surface area contributed by atoms with Gasteiger partial charge in [0.15, 0.2) is 0 Å². The second-order valence-corrected chi connectivity index (χ2v) is 5.51. The number of rotatable bonds is 4. The van der Waals surface area contributed by atoms with Gasteiger partial charge in [-0.25, -0.2) is 0 Å². The number of likely N-dealkylation sites (tertiary alicyclic amines) is 1. The van der Waals surface area contributed by atoms with Gasteiger partial charge in [0.1, 0.15) is 0 Å². The number of piperidine rings is 1. The van der Waals surface area contributed by atoms with Gasteiger partial charge >= 0.3 is 0 Å². The summed E-state index contributed by atoms with van der Waals surface area (Å²) in [6, 6.07) is 0.611. The average Bonchev–Trinajstić information content (AvgIpc) is 2.38. The third-order valence-corrected chi connectivity index (χ3v) is 4.18. The molecule has 2 aliphatic heterocycles. The van der Waals surface area contributed by atoms with Crippen LogP contribution < -0.4 is 5.73 Å². The topological polar surface area (TPSA) is 41.7 Å². The van der Waals surface area contributed by atoms with Gasteiger partial charge in [0.25, 0.3) is 0 Å². The van der Waals surface area contributed by atoms with Crippen molar-refractivity contribution in [3.05, 3.63) is 0 Å². The molecule has 2 atom stereocenters. The maximum Gasteiger partial charge on any atom is 0.0594 e. The number of hydrogen-bond acceptors (Lipinski definition) is 4. The minimum atomic E-state index is 0.611. The van der Waals surface area contributed by atoms with Crippen LogP contribution in [0.25, 0.3) is 0 Å². The van der Waals surface area contributed by atoms with Crippen molar-refractivity contribution in [2.24, 2.45) is 11.7 Å². The zero-order chi connectivity index (χ0) is 12.1. The standard InChI is InChI=1S/C13H27N3O/c1-12-2-3-16(13(10-12)11-14)5-4-15-6-8-17-9-7-15/h12-13H,2-11,14H2,1H3. The van der Waals surface area contributed by atoms with Crippen molar-refractivity contribution >= 4 is 0 Å². The van der Waals surface area contributed by atoms with E-state index in [2.05, 4.69) is 16.7 Å². The van der Waals surface area contributed by atoms with Crippen molar-refractivity contribution in [1.29, 1.82) is 0 Å². The van der Waals surface area contributed by atoms with Crippen LogP contribution in [0.4, 0.5) is 0 Å². The van der Waals surface area contributed by atoms with E-state index in [0.29, 0.717) is 6.04 Å². The van der Waals surface area contributed by atoms with E-state index in [-0.39, 0.29) is 0 Å². The first kappa shape index (κ1) is 13.3. The molecule has 0 saturated carbocycles. The first-order chi connectivity index (χ1) is 8.29. The molecule has 2 saturated heterocycles. The van der Waals surface area contributed by atoms with E-state index in [1.54, 1.807) is 0 Å². The minimum absolute atomic E-state index is 0.611. The van der Waals surface area contributed by atoms with Gasteiger partial charge in [-0.15, -0.1) is 0 Å². The van der Waals surface area contributed by atoms with Crippen LogP contribution in [-0.4, -0.2) is 68.3 Å². The fraction of sp³-hybridized carbons (Fsp3) is 1.00. The van der Waals surface area contributed by atoms with Crippen LogP contribution in [-0.2, 0) is 4.74 Å². The van der Waals surface area contributed by atoms with Crippen molar-refractivity contribution in [2.75, 3.05) is 52.5 Å². The van der Waals surface area contributed by atoms with Crippen LogP contribution >= 0.6 is 0 Å². The summed E-state index contributed by atoms with van der Waals surface area (Å²) < 4.78 is 5.37. The number of nitrogens with two attached hydrogens (primary N) is 1.